The zero-order valence-electron chi connectivity index (χ0n) is 17.7. The molecule has 0 saturated carbocycles. The predicted molar refractivity (Wildman–Crippen MR) is 120 cm³/mol. The second-order valence-corrected chi connectivity index (χ2v) is 8.27. The van der Waals surface area contributed by atoms with E-state index in [0.29, 0.717) is 5.95 Å². The van der Waals surface area contributed by atoms with Gasteiger partial charge >= 0.3 is 0 Å². The average molecular weight is 417 g/mol. The summed E-state index contributed by atoms with van der Waals surface area (Å²) in [6, 6.07) is 12.8. The van der Waals surface area contributed by atoms with Gasteiger partial charge in [0.2, 0.25) is 5.95 Å². The van der Waals surface area contributed by atoms with E-state index in [-0.39, 0.29) is 11.9 Å². The van der Waals surface area contributed by atoms with E-state index in [2.05, 4.69) is 37.9 Å². The third-order valence-corrected chi connectivity index (χ3v) is 5.48. The second-order valence-electron chi connectivity index (χ2n) is 8.27. The summed E-state index contributed by atoms with van der Waals surface area (Å²) in [5.74, 6) is 0.304. The molecule has 1 saturated heterocycles. The topological polar surface area (TPSA) is 58.4 Å². The monoisotopic (exact) mass is 416 g/mol. The summed E-state index contributed by atoms with van der Waals surface area (Å²) in [6.07, 6.45) is 5.07. The van der Waals surface area contributed by atoms with Crippen LogP contribution >= 0.6 is 0 Å². The van der Waals surface area contributed by atoms with Crippen LogP contribution in [0.3, 0.4) is 0 Å². The molecule has 31 heavy (non-hydrogen) atoms. The first-order valence-corrected chi connectivity index (χ1v) is 10.7. The van der Waals surface area contributed by atoms with Crippen LogP contribution in [-0.2, 0) is 6.54 Å². The Labute approximate surface area is 180 Å². The highest BCUT2D eigenvalue weighted by atomic mass is 19.1. The molecule has 7 heteroatoms. The maximum absolute atomic E-state index is 13.6. The third-order valence-electron chi connectivity index (χ3n) is 5.48. The molecule has 5 rings (SSSR count). The Morgan fingerprint density at radius 3 is 2.58 bits per heavy atom. The Balaban J connectivity index is 1.65. The summed E-state index contributed by atoms with van der Waals surface area (Å²) in [6.45, 7) is 7.33. The molecule has 0 aliphatic carbocycles. The fourth-order valence-corrected chi connectivity index (χ4v) is 3.86. The maximum Gasteiger partial charge on any atom is 0.223 e. The number of anilines is 1. The van der Waals surface area contributed by atoms with Crippen molar-refractivity contribution < 1.29 is 4.39 Å². The summed E-state index contributed by atoms with van der Waals surface area (Å²) >= 11 is 0. The number of aromatic nitrogens is 4. The van der Waals surface area contributed by atoms with Crippen LogP contribution in [0.4, 0.5) is 10.3 Å². The van der Waals surface area contributed by atoms with E-state index in [1.165, 1.54) is 24.1 Å². The van der Waals surface area contributed by atoms with Crippen molar-refractivity contribution in [2.24, 2.45) is 0 Å². The Bertz CT molecular complexity index is 1210. The molecule has 6 nitrogen and oxygen atoms in total. The summed E-state index contributed by atoms with van der Waals surface area (Å²) in [5.41, 5.74) is 5.34. The number of imidazole rings is 1. The van der Waals surface area contributed by atoms with E-state index in [1.807, 2.05) is 19.9 Å². The van der Waals surface area contributed by atoms with E-state index in [0.717, 1.165) is 47.9 Å². The Morgan fingerprint density at radius 1 is 1.06 bits per heavy atom. The van der Waals surface area contributed by atoms with Crippen molar-refractivity contribution in [1.29, 1.82) is 0 Å². The smallest absolute Gasteiger partial charge is 0.223 e. The molecule has 0 spiro atoms. The number of hydrogen-bond acceptors (Lipinski definition) is 5. The molecule has 1 aliphatic heterocycles. The van der Waals surface area contributed by atoms with Gasteiger partial charge in [0.05, 0.1) is 17.1 Å². The lowest BCUT2D eigenvalue weighted by Gasteiger charge is -2.30. The number of nitrogens with one attached hydrogen (secondary N) is 1. The van der Waals surface area contributed by atoms with Crippen molar-refractivity contribution in [2.75, 3.05) is 18.4 Å². The molecule has 0 bridgehead atoms. The molecular formula is C24H25FN6. The van der Waals surface area contributed by atoms with Gasteiger partial charge in [-0.05, 0) is 81.4 Å². The second kappa shape index (κ2) is 8.07. The van der Waals surface area contributed by atoms with E-state index in [4.69, 9.17) is 9.97 Å². The van der Waals surface area contributed by atoms with E-state index in [1.54, 1.807) is 18.3 Å². The SMILES string of the molecule is CC(C)Nc1nccc(-c2c(-c3ccc(F)cc3)nc3cc(CN4CCC4)ccn23)n1. The number of nitrogens with zero attached hydrogens (tertiary/aromatic N) is 5. The molecule has 0 atom stereocenters. The lowest BCUT2D eigenvalue weighted by atomic mass is 10.1. The van der Waals surface area contributed by atoms with Crippen LogP contribution in [-0.4, -0.2) is 43.4 Å². The minimum absolute atomic E-state index is 0.220. The highest BCUT2D eigenvalue weighted by Gasteiger charge is 2.19. The molecule has 158 valence electrons. The van der Waals surface area contributed by atoms with Crippen molar-refractivity contribution in [3.05, 3.63) is 66.2 Å². The van der Waals surface area contributed by atoms with Gasteiger partial charge in [-0.1, -0.05) is 0 Å². The predicted octanol–water partition coefficient (Wildman–Crippen LogP) is 4.62. The molecule has 1 aliphatic rings. The minimum atomic E-state index is -0.267. The number of halogens is 1. The Morgan fingerprint density at radius 2 is 1.87 bits per heavy atom. The van der Waals surface area contributed by atoms with Crippen LogP contribution in [0.1, 0.15) is 25.8 Å². The van der Waals surface area contributed by atoms with Gasteiger partial charge in [0.25, 0.3) is 0 Å². The van der Waals surface area contributed by atoms with Gasteiger partial charge in [-0.15, -0.1) is 0 Å². The first kappa shape index (κ1) is 19.6. The largest absolute Gasteiger partial charge is 0.352 e. The van der Waals surface area contributed by atoms with E-state index in [9.17, 15) is 4.39 Å². The Hall–Kier alpha value is -3.32. The molecular weight excluding hydrogens is 391 g/mol. The van der Waals surface area contributed by atoms with Crippen LogP contribution in [0.15, 0.2) is 54.9 Å². The molecule has 3 aromatic heterocycles. The van der Waals surface area contributed by atoms with Gasteiger partial charge < -0.3 is 5.32 Å². The summed E-state index contributed by atoms with van der Waals surface area (Å²) in [5, 5.41) is 3.26. The molecule has 4 heterocycles. The minimum Gasteiger partial charge on any atom is -0.352 e. The molecule has 0 amide bonds. The summed E-state index contributed by atoms with van der Waals surface area (Å²) < 4.78 is 15.6. The first-order valence-electron chi connectivity index (χ1n) is 10.7. The number of likely N-dealkylation sites (tertiary alicyclic amines) is 1. The normalized spacial score (nSPS) is 14.2. The fraction of sp³-hybridized carbons (Fsp3) is 0.292. The van der Waals surface area contributed by atoms with Gasteiger partial charge in [-0.25, -0.2) is 19.3 Å². The zero-order valence-corrected chi connectivity index (χ0v) is 17.7. The van der Waals surface area contributed by atoms with E-state index >= 15 is 0 Å². The Kier molecular flexibility index (Phi) is 5.11. The fourth-order valence-electron chi connectivity index (χ4n) is 3.86. The van der Waals surface area contributed by atoms with Gasteiger partial charge in [0, 0.05) is 30.5 Å². The molecule has 1 fully saturated rings. The number of benzene rings is 1. The summed E-state index contributed by atoms with van der Waals surface area (Å²) in [7, 11) is 0. The van der Waals surface area contributed by atoms with Crippen molar-refractivity contribution in [3.8, 4) is 22.6 Å². The number of pyridine rings is 1. The number of fused-ring (bicyclic) bond motifs is 1. The maximum atomic E-state index is 13.6. The lowest BCUT2D eigenvalue weighted by molar-refractivity contribution is 0.172. The van der Waals surface area contributed by atoms with Gasteiger partial charge in [0.1, 0.15) is 11.5 Å². The third kappa shape index (κ3) is 4.01. The van der Waals surface area contributed by atoms with Crippen molar-refractivity contribution in [2.45, 2.75) is 32.9 Å². The van der Waals surface area contributed by atoms with Crippen LogP contribution in [0.5, 0.6) is 0 Å². The van der Waals surface area contributed by atoms with Gasteiger partial charge in [-0.2, -0.15) is 0 Å². The lowest BCUT2D eigenvalue weighted by Crippen LogP contribution is -2.36. The van der Waals surface area contributed by atoms with Crippen molar-refractivity contribution in [3.63, 3.8) is 0 Å². The van der Waals surface area contributed by atoms with E-state index < -0.39 is 0 Å². The highest BCUT2D eigenvalue weighted by Crippen LogP contribution is 2.32. The van der Waals surface area contributed by atoms with Crippen LogP contribution in [0.2, 0.25) is 0 Å². The zero-order chi connectivity index (χ0) is 21.4. The molecule has 1 N–H and O–H groups in total. The van der Waals surface area contributed by atoms with Crippen LogP contribution in [0, 0.1) is 5.82 Å². The van der Waals surface area contributed by atoms with Crippen molar-refractivity contribution >= 4 is 11.6 Å². The molecule has 1 aromatic carbocycles. The molecule has 4 aromatic rings. The average Bonchev–Trinajstić information content (AvgIpc) is 3.09. The van der Waals surface area contributed by atoms with Crippen LogP contribution < -0.4 is 5.32 Å². The number of rotatable bonds is 6. The van der Waals surface area contributed by atoms with Crippen LogP contribution in [0.25, 0.3) is 28.3 Å². The standard InChI is InChI=1S/C24H25FN6/c1-16(2)27-24-26-10-8-20(28-24)23-22(18-4-6-19(25)7-5-18)29-21-14-17(9-13-31(21)23)15-30-11-3-12-30/h4-10,13-14,16H,3,11-12,15H2,1-2H3,(H,26,27,28). The van der Waals surface area contributed by atoms with Gasteiger partial charge in [-0.3, -0.25) is 9.30 Å². The van der Waals surface area contributed by atoms with Gasteiger partial charge in [0.15, 0.2) is 0 Å². The van der Waals surface area contributed by atoms with Crippen molar-refractivity contribution in [1.82, 2.24) is 24.3 Å². The first-order chi connectivity index (χ1) is 15.1. The molecule has 0 radical (unpaired) electrons. The highest BCUT2D eigenvalue weighted by molar-refractivity contribution is 5.80. The molecule has 0 unspecified atom stereocenters. The quantitative estimate of drug-likeness (QED) is 0.497. The summed E-state index contributed by atoms with van der Waals surface area (Å²) in [4.78, 5) is 16.4. The number of hydrogen-bond donors (Lipinski definition) is 1.